The highest BCUT2D eigenvalue weighted by Crippen LogP contribution is 2.32. The molecule has 1 rings (SSSR count). The van der Waals surface area contributed by atoms with Crippen molar-refractivity contribution in [2.75, 3.05) is 0 Å². The molecule has 1 nitrogen and oxygen atoms in total. The minimum absolute atomic E-state index is 0.203. The van der Waals surface area contributed by atoms with E-state index in [2.05, 4.69) is 13.8 Å². The van der Waals surface area contributed by atoms with Gasteiger partial charge in [-0.05, 0) is 25.2 Å². The first kappa shape index (κ1) is 11.0. The van der Waals surface area contributed by atoms with Crippen molar-refractivity contribution in [2.45, 2.75) is 70.8 Å². The summed E-state index contributed by atoms with van der Waals surface area (Å²) in [6.45, 7) is 4.58. The number of rotatable bonds is 4. The third-order valence-electron chi connectivity index (χ3n) is 3.70. The Hall–Kier alpha value is -0.0400. The van der Waals surface area contributed by atoms with Gasteiger partial charge in [0.1, 0.15) is 0 Å². The maximum atomic E-state index is 6.41. The highest BCUT2D eigenvalue weighted by Gasteiger charge is 2.29. The Morgan fingerprint density at radius 1 is 1.08 bits per heavy atom. The standard InChI is InChI=1S/C12H25N/c1-3-11(4-2)10-12(13)8-6-5-7-9-12/h11H,3-10,13H2,1-2H3. The van der Waals surface area contributed by atoms with Gasteiger partial charge in [-0.2, -0.15) is 0 Å². The monoisotopic (exact) mass is 183 g/mol. The topological polar surface area (TPSA) is 26.0 Å². The lowest BCUT2D eigenvalue weighted by Crippen LogP contribution is -2.43. The summed E-state index contributed by atoms with van der Waals surface area (Å²) >= 11 is 0. The number of hydrogen-bond acceptors (Lipinski definition) is 1. The van der Waals surface area contributed by atoms with E-state index in [1.165, 1.54) is 51.4 Å². The van der Waals surface area contributed by atoms with E-state index < -0.39 is 0 Å². The summed E-state index contributed by atoms with van der Waals surface area (Å²) in [6.07, 6.45) is 10.5. The summed E-state index contributed by atoms with van der Waals surface area (Å²) in [5.74, 6) is 0.864. The highest BCUT2D eigenvalue weighted by atomic mass is 14.7. The van der Waals surface area contributed by atoms with Gasteiger partial charge in [0, 0.05) is 5.54 Å². The largest absolute Gasteiger partial charge is 0.325 e. The molecule has 0 heterocycles. The summed E-state index contributed by atoms with van der Waals surface area (Å²) < 4.78 is 0. The van der Waals surface area contributed by atoms with E-state index >= 15 is 0 Å². The molecule has 1 heteroatoms. The van der Waals surface area contributed by atoms with Gasteiger partial charge in [0.05, 0.1) is 0 Å². The smallest absolute Gasteiger partial charge is 0.0157 e. The van der Waals surface area contributed by atoms with E-state index in [1.54, 1.807) is 0 Å². The van der Waals surface area contributed by atoms with E-state index in [-0.39, 0.29) is 5.54 Å². The molecule has 1 saturated carbocycles. The summed E-state index contributed by atoms with van der Waals surface area (Å²) in [5.41, 5.74) is 6.61. The van der Waals surface area contributed by atoms with Crippen LogP contribution in [0.4, 0.5) is 0 Å². The Labute approximate surface area is 83.1 Å². The van der Waals surface area contributed by atoms with Gasteiger partial charge >= 0.3 is 0 Å². The van der Waals surface area contributed by atoms with E-state index in [0.717, 1.165) is 5.92 Å². The third kappa shape index (κ3) is 3.30. The Kier molecular flexibility index (Phi) is 4.24. The highest BCUT2D eigenvalue weighted by molar-refractivity contribution is 4.88. The zero-order valence-corrected chi connectivity index (χ0v) is 9.31. The molecule has 78 valence electrons. The summed E-state index contributed by atoms with van der Waals surface area (Å²) in [6, 6.07) is 0. The molecule has 0 radical (unpaired) electrons. The quantitative estimate of drug-likeness (QED) is 0.709. The molecule has 0 atom stereocenters. The molecule has 1 aliphatic carbocycles. The molecule has 0 aromatic rings. The molecule has 0 aromatic carbocycles. The van der Waals surface area contributed by atoms with Crippen LogP contribution in [0.15, 0.2) is 0 Å². The van der Waals surface area contributed by atoms with Gasteiger partial charge < -0.3 is 5.73 Å². The molecule has 2 N–H and O–H groups in total. The molecule has 13 heavy (non-hydrogen) atoms. The van der Waals surface area contributed by atoms with Crippen molar-refractivity contribution in [3.63, 3.8) is 0 Å². The second-order valence-corrected chi connectivity index (χ2v) is 4.81. The molecule has 0 saturated heterocycles. The minimum atomic E-state index is 0.203. The van der Waals surface area contributed by atoms with Crippen LogP contribution in [0.25, 0.3) is 0 Å². The van der Waals surface area contributed by atoms with Gasteiger partial charge in [0.25, 0.3) is 0 Å². The fourth-order valence-electron chi connectivity index (χ4n) is 2.61. The molecular weight excluding hydrogens is 158 g/mol. The van der Waals surface area contributed by atoms with E-state index in [1.807, 2.05) is 0 Å². The van der Waals surface area contributed by atoms with Crippen molar-refractivity contribution in [1.29, 1.82) is 0 Å². The Bertz CT molecular complexity index is 132. The lowest BCUT2D eigenvalue weighted by atomic mass is 9.75. The van der Waals surface area contributed by atoms with Gasteiger partial charge in [-0.1, -0.05) is 46.0 Å². The van der Waals surface area contributed by atoms with Crippen LogP contribution in [0.2, 0.25) is 0 Å². The Morgan fingerprint density at radius 2 is 1.62 bits per heavy atom. The average Bonchev–Trinajstić information content (AvgIpc) is 2.15. The van der Waals surface area contributed by atoms with Crippen LogP contribution in [0, 0.1) is 5.92 Å². The second-order valence-electron chi connectivity index (χ2n) is 4.81. The predicted octanol–water partition coefficient (Wildman–Crippen LogP) is 3.47. The zero-order valence-electron chi connectivity index (χ0n) is 9.31. The molecule has 0 aliphatic heterocycles. The third-order valence-corrected chi connectivity index (χ3v) is 3.70. The zero-order chi connectivity index (χ0) is 9.73. The van der Waals surface area contributed by atoms with Crippen molar-refractivity contribution in [3.05, 3.63) is 0 Å². The van der Waals surface area contributed by atoms with Crippen molar-refractivity contribution >= 4 is 0 Å². The van der Waals surface area contributed by atoms with Gasteiger partial charge in [-0.15, -0.1) is 0 Å². The van der Waals surface area contributed by atoms with Crippen LogP contribution in [0.3, 0.4) is 0 Å². The normalized spacial score (nSPS) is 22.2. The van der Waals surface area contributed by atoms with Crippen LogP contribution >= 0.6 is 0 Å². The lowest BCUT2D eigenvalue weighted by molar-refractivity contribution is 0.230. The molecule has 0 aromatic heterocycles. The van der Waals surface area contributed by atoms with Crippen molar-refractivity contribution in [3.8, 4) is 0 Å². The maximum Gasteiger partial charge on any atom is 0.0157 e. The number of nitrogens with two attached hydrogens (primary N) is 1. The van der Waals surface area contributed by atoms with Crippen molar-refractivity contribution in [1.82, 2.24) is 0 Å². The first-order chi connectivity index (χ1) is 6.20. The average molecular weight is 183 g/mol. The Morgan fingerprint density at radius 3 is 2.08 bits per heavy atom. The molecular formula is C12H25N. The molecule has 1 aliphatic rings. The summed E-state index contributed by atoms with van der Waals surface area (Å²) in [5, 5.41) is 0. The molecule has 0 amide bonds. The van der Waals surface area contributed by atoms with Crippen molar-refractivity contribution in [2.24, 2.45) is 11.7 Å². The molecule has 0 unspecified atom stereocenters. The van der Waals surface area contributed by atoms with Crippen LogP contribution in [0.5, 0.6) is 0 Å². The van der Waals surface area contributed by atoms with E-state index in [4.69, 9.17) is 5.73 Å². The fourth-order valence-corrected chi connectivity index (χ4v) is 2.61. The SMILES string of the molecule is CCC(CC)CC1(N)CCCCC1. The van der Waals surface area contributed by atoms with Crippen LogP contribution in [-0.2, 0) is 0 Å². The lowest BCUT2D eigenvalue weighted by Gasteiger charge is -2.36. The van der Waals surface area contributed by atoms with Gasteiger partial charge in [0.15, 0.2) is 0 Å². The van der Waals surface area contributed by atoms with Gasteiger partial charge in [-0.3, -0.25) is 0 Å². The predicted molar refractivity (Wildman–Crippen MR) is 58.7 cm³/mol. The second kappa shape index (κ2) is 4.99. The van der Waals surface area contributed by atoms with E-state index in [9.17, 15) is 0 Å². The maximum absolute atomic E-state index is 6.41. The van der Waals surface area contributed by atoms with Crippen LogP contribution in [-0.4, -0.2) is 5.54 Å². The fraction of sp³-hybridized carbons (Fsp3) is 1.00. The minimum Gasteiger partial charge on any atom is -0.325 e. The van der Waals surface area contributed by atoms with E-state index in [0.29, 0.717) is 0 Å². The summed E-state index contributed by atoms with van der Waals surface area (Å²) in [4.78, 5) is 0. The first-order valence-corrected chi connectivity index (χ1v) is 5.99. The molecule has 0 bridgehead atoms. The Balaban J connectivity index is 2.39. The van der Waals surface area contributed by atoms with Gasteiger partial charge in [-0.25, -0.2) is 0 Å². The summed E-state index contributed by atoms with van der Waals surface area (Å²) in [7, 11) is 0. The van der Waals surface area contributed by atoms with Crippen LogP contribution < -0.4 is 5.73 Å². The number of hydrogen-bond donors (Lipinski definition) is 1. The molecule has 0 spiro atoms. The van der Waals surface area contributed by atoms with Gasteiger partial charge in [0.2, 0.25) is 0 Å². The molecule has 1 fully saturated rings. The first-order valence-electron chi connectivity index (χ1n) is 5.99. The van der Waals surface area contributed by atoms with Crippen molar-refractivity contribution < 1.29 is 0 Å². The van der Waals surface area contributed by atoms with Crippen LogP contribution in [0.1, 0.15) is 65.2 Å².